The summed E-state index contributed by atoms with van der Waals surface area (Å²) in [6, 6.07) is 0. The van der Waals surface area contributed by atoms with Crippen LogP contribution in [0.15, 0.2) is 0 Å². The molecule has 3 heteroatoms. The Kier molecular flexibility index (Phi) is 2.33. The van der Waals surface area contributed by atoms with Gasteiger partial charge in [0.15, 0.2) is 0 Å². The summed E-state index contributed by atoms with van der Waals surface area (Å²) < 4.78 is 0. The summed E-state index contributed by atoms with van der Waals surface area (Å²) in [6.07, 6.45) is 7.25. The Morgan fingerprint density at radius 2 is 1.50 bits per heavy atom. The molecule has 3 rings (SSSR count). The first-order valence-electron chi connectivity index (χ1n) is 6.01. The minimum atomic E-state index is 0.724. The zero-order valence-corrected chi connectivity index (χ0v) is 9.25. The highest BCUT2D eigenvalue weighted by atomic mass is 16.1. The van der Waals surface area contributed by atoms with Gasteiger partial charge in [-0.1, -0.05) is 0 Å². The lowest BCUT2D eigenvalue weighted by molar-refractivity contribution is 0.567. The molecule has 1 aromatic rings. The molecular formula is C13H14N2O. The topological polar surface area (TPSA) is 42.9 Å². The van der Waals surface area contributed by atoms with Crippen molar-refractivity contribution in [1.82, 2.24) is 9.97 Å². The highest BCUT2D eigenvalue weighted by Crippen LogP contribution is 2.28. The van der Waals surface area contributed by atoms with E-state index in [4.69, 9.17) is 0 Å². The quantitative estimate of drug-likeness (QED) is 0.619. The van der Waals surface area contributed by atoms with Crippen LogP contribution in [0.25, 0.3) is 5.57 Å². The highest BCUT2D eigenvalue weighted by molar-refractivity contribution is 5.87. The van der Waals surface area contributed by atoms with Gasteiger partial charge in [0.2, 0.25) is 0 Å². The number of aromatic nitrogens is 2. The van der Waals surface area contributed by atoms with Gasteiger partial charge >= 0.3 is 0 Å². The maximum absolute atomic E-state index is 10.9. The Morgan fingerprint density at radius 3 is 2.25 bits per heavy atom. The molecule has 1 aromatic heterocycles. The summed E-state index contributed by atoms with van der Waals surface area (Å²) in [6.45, 7) is 0. The number of rotatable bonds is 0. The third kappa shape index (κ3) is 1.48. The largest absolute Gasteiger partial charge is 0.254 e. The summed E-state index contributed by atoms with van der Waals surface area (Å²) in [5.41, 5.74) is 4.85. The molecule has 0 atom stereocenters. The van der Waals surface area contributed by atoms with Crippen LogP contribution < -0.4 is 0 Å². The average molecular weight is 214 g/mol. The van der Waals surface area contributed by atoms with E-state index in [0.717, 1.165) is 60.5 Å². The molecule has 0 unspecified atom stereocenters. The molecule has 3 nitrogen and oxygen atoms in total. The number of hydrogen-bond donors (Lipinski definition) is 0. The normalized spacial score (nSPS) is 18.6. The molecule has 0 radical (unpaired) electrons. The van der Waals surface area contributed by atoms with Crippen molar-refractivity contribution in [3.05, 3.63) is 22.8 Å². The van der Waals surface area contributed by atoms with E-state index in [1.165, 1.54) is 12.8 Å². The Morgan fingerprint density at radius 1 is 0.812 bits per heavy atom. The van der Waals surface area contributed by atoms with E-state index in [0.29, 0.717) is 0 Å². The fraction of sp³-hybridized carbons (Fsp3) is 0.538. The smallest absolute Gasteiger partial charge is 0.130 e. The average Bonchev–Trinajstić information content (AvgIpc) is 2.35. The molecule has 82 valence electrons. The van der Waals surface area contributed by atoms with E-state index in [1.54, 1.807) is 0 Å². The minimum absolute atomic E-state index is 0.724. The van der Waals surface area contributed by atoms with Crippen LogP contribution in [0.4, 0.5) is 0 Å². The number of allylic oxidation sites excluding steroid dienone is 1. The molecule has 2 aliphatic carbocycles. The van der Waals surface area contributed by atoms with E-state index < -0.39 is 0 Å². The van der Waals surface area contributed by atoms with Gasteiger partial charge in [-0.2, -0.15) is 0 Å². The molecule has 0 saturated heterocycles. The van der Waals surface area contributed by atoms with Crippen LogP contribution in [0.2, 0.25) is 0 Å². The predicted molar refractivity (Wildman–Crippen MR) is 60.7 cm³/mol. The summed E-state index contributed by atoms with van der Waals surface area (Å²) in [5.74, 6) is 2.03. The van der Waals surface area contributed by atoms with Crippen LogP contribution in [0, 0.1) is 0 Å². The van der Waals surface area contributed by atoms with Crippen molar-refractivity contribution in [1.29, 1.82) is 0 Å². The molecule has 0 bridgehead atoms. The summed E-state index contributed by atoms with van der Waals surface area (Å²) in [5, 5.41) is 0. The Labute approximate surface area is 94.6 Å². The van der Waals surface area contributed by atoms with Gasteiger partial charge in [-0.3, -0.25) is 4.98 Å². The van der Waals surface area contributed by atoms with Crippen molar-refractivity contribution in [3.63, 3.8) is 0 Å². The predicted octanol–water partition coefficient (Wildman–Crippen LogP) is 1.91. The third-order valence-corrected chi connectivity index (χ3v) is 3.45. The van der Waals surface area contributed by atoms with Crippen molar-refractivity contribution >= 4 is 11.5 Å². The number of aryl methyl sites for hydroxylation is 3. The van der Waals surface area contributed by atoms with E-state index in [-0.39, 0.29) is 0 Å². The van der Waals surface area contributed by atoms with Crippen molar-refractivity contribution < 1.29 is 4.79 Å². The molecule has 0 fully saturated rings. The lowest BCUT2D eigenvalue weighted by Gasteiger charge is -2.20. The first-order valence-corrected chi connectivity index (χ1v) is 6.01. The summed E-state index contributed by atoms with van der Waals surface area (Å²) in [7, 11) is 0. The maximum Gasteiger partial charge on any atom is 0.130 e. The van der Waals surface area contributed by atoms with Crippen LogP contribution in [0.3, 0.4) is 0 Å². The minimum Gasteiger partial charge on any atom is -0.254 e. The van der Waals surface area contributed by atoms with Gasteiger partial charge in [0, 0.05) is 0 Å². The number of fused-ring (bicyclic) bond motifs is 2. The summed E-state index contributed by atoms with van der Waals surface area (Å²) >= 11 is 0. The Hall–Kier alpha value is -1.47. The van der Waals surface area contributed by atoms with Gasteiger partial charge in [0.1, 0.15) is 5.94 Å². The molecule has 0 N–H and O–H groups in total. The number of carbonyl (C=O) groups excluding carboxylic acids is 1. The molecule has 0 spiro atoms. The molecule has 0 aromatic carbocycles. The van der Waals surface area contributed by atoms with E-state index in [9.17, 15) is 4.79 Å². The molecule has 2 aliphatic rings. The molecule has 16 heavy (non-hydrogen) atoms. The van der Waals surface area contributed by atoms with Crippen molar-refractivity contribution in [2.75, 3.05) is 0 Å². The van der Waals surface area contributed by atoms with Crippen LogP contribution in [-0.4, -0.2) is 15.9 Å². The van der Waals surface area contributed by atoms with Gasteiger partial charge < -0.3 is 0 Å². The van der Waals surface area contributed by atoms with Gasteiger partial charge in [0.05, 0.1) is 28.3 Å². The SMILES string of the molecule is O=C=C1CCCc2nc3c(nc21)CCCC3. The lowest BCUT2D eigenvalue weighted by atomic mass is 9.93. The first-order chi connectivity index (χ1) is 7.88. The second-order valence-electron chi connectivity index (χ2n) is 4.55. The Bertz CT molecular complexity index is 487. The lowest BCUT2D eigenvalue weighted by Crippen LogP contribution is -2.15. The molecule has 1 heterocycles. The fourth-order valence-corrected chi connectivity index (χ4v) is 2.60. The zero-order valence-electron chi connectivity index (χ0n) is 9.25. The van der Waals surface area contributed by atoms with E-state index in [2.05, 4.69) is 9.97 Å². The van der Waals surface area contributed by atoms with E-state index >= 15 is 0 Å². The van der Waals surface area contributed by atoms with Crippen LogP contribution in [0.1, 0.15) is 48.5 Å². The van der Waals surface area contributed by atoms with Crippen LogP contribution in [-0.2, 0) is 24.1 Å². The molecule has 0 aliphatic heterocycles. The van der Waals surface area contributed by atoms with Crippen LogP contribution in [0.5, 0.6) is 0 Å². The standard InChI is InChI=1S/C13H14N2O/c16-8-9-4-3-7-12-13(9)15-11-6-2-1-5-10(11)14-12/h1-7H2. The van der Waals surface area contributed by atoms with Crippen molar-refractivity contribution in [3.8, 4) is 0 Å². The highest BCUT2D eigenvalue weighted by Gasteiger charge is 2.22. The van der Waals surface area contributed by atoms with Gasteiger partial charge in [0.25, 0.3) is 0 Å². The second kappa shape index (κ2) is 3.84. The summed E-state index contributed by atoms with van der Waals surface area (Å²) in [4.78, 5) is 20.2. The zero-order chi connectivity index (χ0) is 11.0. The molecule has 0 saturated carbocycles. The molecular weight excluding hydrogens is 200 g/mol. The van der Waals surface area contributed by atoms with Crippen LogP contribution >= 0.6 is 0 Å². The molecule has 0 amide bonds. The fourth-order valence-electron chi connectivity index (χ4n) is 2.60. The van der Waals surface area contributed by atoms with Crippen molar-refractivity contribution in [2.24, 2.45) is 0 Å². The van der Waals surface area contributed by atoms with Gasteiger partial charge in [-0.15, -0.1) is 0 Å². The monoisotopic (exact) mass is 214 g/mol. The maximum atomic E-state index is 10.9. The van der Waals surface area contributed by atoms with E-state index in [1.807, 2.05) is 5.94 Å². The number of nitrogens with zero attached hydrogens (tertiary/aromatic N) is 2. The van der Waals surface area contributed by atoms with Gasteiger partial charge in [-0.25, -0.2) is 9.78 Å². The third-order valence-electron chi connectivity index (χ3n) is 3.45. The Balaban J connectivity index is 2.16. The van der Waals surface area contributed by atoms with Crippen molar-refractivity contribution in [2.45, 2.75) is 44.9 Å². The first kappa shape index (κ1) is 9.73. The second-order valence-corrected chi connectivity index (χ2v) is 4.55. The van der Waals surface area contributed by atoms with Gasteiger partial charge in [-0.05, 0) is 44.9 Å². The number of hydrogen-bond acceptors (Lipinski definition) is 3.